The fraction of sp³-hybridized carbons (Fsp3) is 0.310. The van der Waals surface area contributed by atoms with Crippen LogP contribution in [0.25, 0.3) is 21.5 Å². The number of aliphatic hydroxyl groups excluding tert-OH is 1. The van der Waals surface area contributed by atoms with Gasteiger partial charge in [-0.05, 0) is 52.2 Å². The molecule has 4 heteroatoms. The first-order valence-electron chi connectivity index (χ1n) is 11.9. The molecule has 1 N–H and O–H groups in total. The first-order valence-corrected chi connectivity index (χ1v) is 11.9. The van der Waals surface area contributed by atoms with Crippen molar-refractivity contribution in [1.29, 1.82) is 0 Å². The van der Waals surface area contributed by atoms with Gasteiger partial charge in [-0.1, -0.05) is 66.2 Å². The number of rotatable bonds is 7. The maximum atomic E-state index is 10.5. The second-order valence-electron chi connectivity index (χ2n) is 9.15. The third-order valence-electron chi connectivity index (χ3n) is 6.66. The summed E-state index contributed by atoms with van der Waals surface area (Å²) in [4.78, 5) is 4.89. The van der Waals surface area contributed by atoms with Crippen LogP contribution in [0, 0.1) is 6.92 Å². The molecule has 1 aliphatic rings. The van der Waals surface area contributed by atoms with Gasteiger partial charge in [-0.15, -0.1) is 0 Å². The molecule has 1 atom stereocenters. The molecule has 1 fully saturated rings. The Hall–Kier alpha value is -2.92. The fourth-order valence-corrected chi connectivity index (χ4v) is 4.81. The highest BCUT2D eigenvalue weighted by Crippen LogP contribution is 2.29. The highest BCUT2D eigenvalue weighted by molar-refractivity contribution is 6.02. The van der Waals surface area contributed by atoms with Crippen LogP contribution in [-0.4, -0.2) is 60.3 Å². The molecule has 170 valence electrons. The Bertz CT molecular complexity index is 1160. The lowest BCUT2D eigenvalue weighted by Crippen LogP contribution is -2.48. The number of β-amino-alcohol motifs (C(OH)–C–C–N with tert-alkyl or cyclic N) is 1. The number of nitrogens with zero attached hydrogens (tertiary/aromatic N) is 2. The highest BCUT2D eigenvalue weighted by Gasteiger charge is 2.21. The zero-order chi connectivity index (χ0) is 22.6. The Morgan fingerprint density at radius 2 is 1.36 bits per heavy atom. The molecular weight excluding hydrogens is 408 g/mol. The summed E-state index contributed by atoms with van der Waals surface area (Å²) >= 11 is 0. The van der Waals surface area contributed by atoms with E-state index in [-0.39, 0.29) is 0 Å². The van der Waals surface area contributed by atoms with Crippen LogP contribution in [0.2, 0.25) is 0 Å². The molecule has 0 radical (unpaired) electrons. The lowest BCUT2D eigenvalue weighted by molar-refractivity contribution is 0.0448. The van der Waals surface area contributed by atoms with Crippen molar-refractivity contribution in [2.24, 2.45) is 0 Å². The zero-order valence-corrected chi connectivity index (χ0v) is 19.3. The SMILES string of the molecule is Cc1ccc(OCC(O)CN2CCN(Cc3c4ccccc4cc4ccccc34)CC2)cc1. The van der Waals surface area contributed by atoms with E-state index in [1.165, 1.54) is 32.7 Å². The van der Waals surface area contributed by atoms with Gasteiger partial charge in [0.1, 0.15) is 18.5 Å². The second kappa shape index (κ2) is 9.92. The third kappa shape index (κ3) is 5.19. The first-order chi connectivity index (χ1) is 16.2. The Labute approximate surface area is 196 Å². The van der Waals surface area contributed by atoms with E-state index in [2.05, 4.69) is 71.3 Å². The second-order valence-corrected chi connectivity index (χ2v) is 9.15. The van der Waals surface area contributed by atoms with E-state index in [9.17, 15) is 5.11 Å². The molecule has 5 rings (SSSR count). The van der Waals surface area contributed by atoms with Crippen molar-refractivity contribution in [3.63, 3.8) is 0 Å². The monoisotopic (exact) mass is 440 g/mol. The van der Waals surface area contributed by atoms with Crippen molar-refractivity contribution in [2.45, 2.75) is 19.6 Å². The van der Waals surface area contributed by atoms with E-state index in [1.807, 2.05) is 24.3 Å². The van der Waals surface area contributed by atoms with Crippen LogP contribution in [-0.2, 0) is 6.54 Å². The van der Waals surface area contributed by atoms with Gasteiger partial charge in [0.25, 0.3) is 0 Å². The van der Waals surface area contributed by atoms with Crippen molar-refractivity contribution >= 4 is 21.5 Å². The number of ether oxygens (including phenoxy) is 1. The summed E-state index contributed by atoms with van der Waals surface area (Å²) in [6.45, 7) is 7.92. The fourth-order valence-electron chi connectivity index (χ4n) is 4.81. The van der Waals surface area contributed by atoms with Crippen molar-refractivity contribution in [3.05, 3.63) is 90.0 Å². The lowest BCUT2D eigenvalue weighted by Gasteiger charge is -2.36. The van der Waals surface area contributed by atoms with E-state index < -0.39 is 6.10 Å². The summed E-state index contributed by atoms with van der Waals surface area (Å²) in [5.74, 6) is 0.812. The molecule has 0 aliphatic carbocycles. The van der Waals surface area contributed by atoms with E-state index in [0.717, 1.165) is 38.5 Å². The normalized spacial score (nSPS) is 16.3. The summed E-state index contributed by atoms with van der Waals surface area (Å²) in [5.41, 5.74) is 2.63. The largest absolute Gasteiger partial charge is 0.491 e. The number of piperazine rings is 1. The topological polar surface area (TPSA) is 35.9 Å². The van der Waals surface area contributed by atoms with Crippen LogP contribution in [0.15, 0.2) is 78.9 Å². The van der Waals surface area contributed by atoms with Crippen molar-refractivity contribution in [3.8, 4) is 5.75 Å². The predicted octanol–water partition coefficient (Wildman–Crippen LogP) is 4.86. The number of hydrogen-bond acceptors (Lipinski definition) is 4. The Morgan fingerprint density at radius 1 is 0.788 bits per heavy atom. The molecule has 0 spiro atoms. The molecule has 0 aromatic heterocycles. The van der Waals surface area contributed by atoms with Crippen LogP contribution < -0.4 is 4.74 Å². The summed E-state index contributed by atoms with van der Waals surface area (Å²) in [7, 11) is 0. The smallest absolute Gasteiger partial charge is 0.119 e. The standard InChI is InChI=1S/C29H32N2O2/c1-22-10-12-26(13-11-22)33-21-25(32)19-30-14-16-31(17-15-30)20-29-27-8-4-2-6-23(27)18-24-7-3-5-9-28(24)29/h2-13,18,25,32H,14-17,19-21H2,1H3. The molecule has 0 bridgehead atoms. The quantitative estimate of drug-likeness (QED) is 0.417. The minimum Gasteiger partial charge on any atom is -0.491 e. The van der Waals surface area contributed by atoms with Crippen molar-refractivity contribution in [2.75, 3.05) is 39.3 Å². The number of aryl methyl sites for hydroxylation is 1. The minimum atomic E-state index is -0.486. The van der Waals surface area contributed by atoms with Gasteiger partial charge in [0.15, 0.2) is 0 Å². The number of benzene rings is 4. The molecule has 0 saturated carbocycles. The van der Waals surface area contributed by atoms with Gasteiger partial charge in [0.05, 0.1) is 0 Å². The molecule has 33 heavy (non-hydrogen) atoms. The van der Waals surface area contributed by atoms with Gasteiger partial charge in [0.2, 0.25) is 0 Å². The maximum Gasteiger partial charge on any atom is 0.119 e. The van der Waals surface area contributed by atoms with Crippen LogP contribution >= 0.6 is 0 Å². The molecule has 4 aromatic rings. The Kier molecular flexibility index (Phi) is 6.58. The average molecular weight is 441 g/mol. The van der Waals surface area contributed by atoms with Crippen LogP contribution in [0.4, 0.5) is 0 Å². The lowest BCUT2D eigenvalue weighted by atomic mass is 9.96. The van der Waals surface area contributed by atoms with Crippen molar-refractivity contribution < 1.29 is 9.84 Å². The van der Waals surface area contributed by atoms with Gasteiger partial charge >= 0.3 is 0 Å². The van der Waals surface area contributed by atoms with E-state index >= 15 is 0 Å². The predicted molar refractivity (Wildman–Crippen MR) is 136 cm³/mol. The minimum absolute atomic E-state index is 0.325. The Morgan fingerprint density at radius 3 is 2.00 bits per heavy atom. The molecule has 0 amide bonds. The van der Waals surface area contributed by atoms with E-state index in [4.69, 9.17) is 4.74 Å². The van der Waals surface area contributed by atoms with Crippen molar-refractivity contribution in [1.82, 2.24) is 9.80 Å². The average Bonchev–Trinajstić information content (AvgIpc) is 2.85. The maximum absolute atomic E-state index is 10.5. The first kappa shape index (κ1) is 21.9. The molecule has 1 unspecified atom stereocenters. The molecule has 1 heterocycles. The van der Waals surface area contributed by atoms with Gasteiger partial charge < -0.3 is 9.84 Å². The summed E-state index contributed by atoms with van der Waals surface area (Å²) in [6, 6.07) is 27.7. The third-order valence-corrected chi connectivity index (χ3v) is 6.66. The molecular formula is C29H32N2O2. The van der Waals surface area contributed by atoms with Gasteiger partial charge in [-0.3, -0.25) is 9.80 Å². The van der Waals surface area contributed by atoms with Crippen LogP contribution in [0.5, 0.6) is 5.75 Å². The molecule has 1 aliphatic heterocycles. The molecule has 4 aromatic carbocycles. The number of fused-ring (bicyclic) bond motifs is 2. The van der Waals surface area contributed by atoms with E-state index in [1.54, 1.807) is 0 Å². The van der Waals surface area contributed by atoms with Crippen LogP contribution in [0.1, 0.15) is 11.1 Å². The highest BCUT2D eigenvalue weighted by atomic mass is 16.5. The van der Waals surface area contributed by atoms with Gasteiger partial charge in [-0.2, -0.15) is 0 Å². The van der Waals surface area contributed by atoms with E-state index in [0.29, 0.717) is 13.2 Å². The summed E-state index contributed by atoms with van der Waals surface area (Å²) in [5, 5.41) is 15.8. The van der Waals surface area contributed by atoms with Gasteiger partial charge in [0, 0.05) is 39.3 Å². The summed E-state index contributed by atoms with van der Waals surface area (Å²) in [6.07, 6.45) is -0.486. The zero-order valence-electron chi connectivity index (χ0n) is 19.3. The molecule has 1 saturated heterocycles. The van der Waals surface area contributed by atoms with Gasteiger partial charge in [-0.25, -0.2) is 0 Å². The molecule has 4 nitrogen and oxygen atoms in total. The number of aliphatic hydroxyl groups is 1. The summed E-state index contributed by atoms with van der Waals surface area (Å²) < 4.78 is 5.76. The Balaban J connectivity index is 1.19. The van der Waals surface area contributed by atoms with Crippen LogP contribution in [0.3, 0.4) is 0 Å². The number of hydrogen-bond donors (Lipinski definition) is 1.